The van der Waals surface area contributed by atoms with E-state index in [1.54, 1.807) is 19.0 Å². The Hall–Kier alpha value is -1.39. The molecule has 0 fully saturated rings. The zero-order valence-electron chi connectivity index (χ0n) is 11.5. The maximum Gasteiger partial charge on any atom is 0.223 e. The van der Waals surface area contributed by atoms with E-state index in [4.69, 9.17) is 5.73 Å². The molecule has 0 spiro atoms. The molecule has 0 aliphatic rings. The molecular weight excluding hydrogens is 226 g/mol. The van der Waals surface area contributed by atoms with E-state index in [0.717, 1.165) is 13.1 Å². The lowest BCUT2D eigenvalue weighted by atomic mass is 10.1. The molecule has 2 N–H and O–H groups in total. The number of amides is 1. The predicted molar refractivity (Wildman–Crippen MR) is 74.0 cm³/mol. The molecule has 0 aliphatic carbocycles. The minimum absolute atomic E-state index is 0.161. The van der Waals surface area contributed by atoms with Gasteiger partial charge in [-0.25, -0.2) is 0 Å². The summed E-state index contributed by atoms with van der Waals surface area (Å²) in [7, 11) is 5.59. The molecule has 100 valence electrons. The number of hydrogen-bond acceptors (Lipinski definition) is 3. The summed E-state index contributed by atoms with van der Waals surface area (Å²) in [4.78, 5) is 15.3. The van der Waals surface area contributed by atoms with Crippen molar-refractivity contribution < 1.29 is 4.79 Å². The topological polar surface area (TPSA) is 49.6 Å². The first-order chi connectivity index (χ1) is 8.54. The van der Waals surface area contributed by atoms with Crippen molar-refractivity contribution in [2.24, 2.45) is 5.73 Å². The predicted octanol–water partition coefficient (Wildman–Crippen LogP) is 1.06. The van der Waals surface area contributed by atoms with Gasteiger partial charge in [0.15, 0.2) is 0 Å². The summed E-state index contributed by atoms with van der Waals surface area (Å²) < 4.78 is 0. The van der Waals surface area contributed by atoms with Gasteiger partial charge >= 0.3 is 0 Å². The third-order valence-corrected chi connectivity index (χ3v) is 2.98. The van der Waals surface area contributed by atoms with E-state index in [-0.39, 0.29) is 5.91 Å². The van der Waals surface area contributed by atoms with Gasteiger partial charge in [-0.1, -0.05) is 24.3 Å². The number of carbonyl (C=O) groups is 1. The van der Waals surface area contributed by atoms with Crippen molar-refractivity contribution in [3.63, 3.8) is 0 Å². The van der Waals surface area contributed by atoms with Crippen molar-refractivity contribution in [1.29, 1.82) is 0 Å². The van der Waals surface area contributed by atoms with Crippen LogP contribution < -0.4 is 5.73 Å². The number of benzene rings is 1. The second-order valence-electron chi connectivity index (χ2n) is 4.75. The summed E-state index contributed by atoms with van der Waals surface area (Å²) in [6.07, 6.45) is 0.550. The van der Waals surface area contributed by atoms with Crippen LogP contribution in [0.2, 0.25) is 0 Å². The summed E-state index contributed by atoms with van der Waals surface area (Å²) in [6.45, 7) is 2.14. The van der Waals surface area contributed by atoms with Crippen LogP contribution in [-0.4, -0.2) is 43.4 Å². The minimum atomic E-state index is 0.161. The zero-order valence-corrected chi connectivity index (χ0v) is 11.5. The average molecular weight is 249 g/mol. The standard InChI is InChI=1S/C14H23N3O/c1-16(2)14(18)8-9-17(3)11-13-7-5-4-6-12(13)10-15/h4-7H,8-11,15H2,1-3H3. The minimum Gasteiger partial charge on any atom is -0.349 e. The molecule has 0 radical (unpaired) electrons. The molecule has 0 atom stereocenters. The first kappa shape index (κ1) is 14.7. The smallest absolute Gasteiger partial charge is 0.223 e. The van der Waals surface area contributed by atoms with Gasteiger partial charge in [0.2, 0.25) is 5.91 Å². The van der Waals surface area contributed by atoms with Crippen molar-refractivity contribution >= 4 is 5.91 Å². The molecule has 0 saturated heterocycles. The van der Waals surface area contributed by atoms with Crippen LogP contribution in [0, 0.1) is 0 Å². The van der Waals surface area contributed by atoms with Crippen LogP contribution in [0.15, 0.2) is 24.3 Å². The molecule has 18 heavy (non-hydrogen) atoms. The Balaban J connectivity index is 2.49. The molecule has 0 saturated carbocycles. The average Bonchev–Trinajstić information content (AvgIpc) is 2.36. The van der Waals surface area contributed by atoms with Gasteiger partial charge in [0.1, 0.15) is 0 Å². The Morgan fingerprint density at radius 3 is 2.33 bits per heavy atom. The fourth-order valence-electron chi connectivity index (χ4n) is 1.79. The maximum absolute atomic E-state index is 11.5. The fraction of sp³-hybridized carbons (Fsp3) is 0.500. The third kappa shape index (κ3) is 4.47. The summed E-state index contributed by atoms with van der Waals surface area (Å²) in [5, 5.41) is 0. The lowest BCUT2D eigenvalue weighted by molar-refractivity contribution is -0.129. The molecule has 0 bridgehead atoms. The van der Waals surface area contributed by atoms with Crippen LogP contribution in [0.3, 0.4) is 0 Å². The Kier molecular flexibility index (Phi) is 5.82. The van der Waals surface area contributed by atoms with Crippen LogP contribution in [0.1, 0.15) is 17.5 Å². The second kappa shape index (κ2) is 7.13. The number of nitrogens with zero attached hydrogens (tertiary/aromatic N) is 2. The van der Waals surface area contributed by atoms with Crippen LogP contribution in [0.25, 0.3) is 0 Å². The van der Waals surface area contributed by atoms with Crippen molar-refractivity contribution in [1.82, 2.24) is 9.80 Å². The van der Waals surface area contributed by atoms with E-state index in [0.29, 0.717) is 13.0 Å². The van der Waals surface area contributed by atoms with E-state index >= 15 is 0 Å². The lowest BCUT2D eigenvalue weighted by Gasteiger charge is -2.19. The van der Waals surface area contributed by atoms with Gasteiger partial charge in [-0.2, -0.15) is 0 Å². The molecule has 0 unspecified atom stereocenters. The Labute approximate surface area is 109 Å². The van der Waals surface area contributed by atoms with Crippen LogP contribution in [0.4, 0.5) is 0 Å². The summed E-state index contributed by atoms with van der Waals surface area (Å²) in [5.41, 5.74) is 8.11. The molecule has 0 heterocycles. The van der Waals surface area contributed by atoms with Crippen LogP contribution >= 0.6 is 0 Å². The van der Waals surface area contributed by atoms with Gasteiger partial charge in [0.25, 0.3) is 0 Å². The normalized spacial score (nSPS) is 10.7. The number of rotatable bonds is 6. The third-order valence-electron chi connectivity index (χ3n) is 2.98. The van der Waals surface area contributed by atoms with E-state index in [1.807, 2.05) is 25.2 Å². The van der Waals surface area contributed by atoms with E-state index in [2.05, 4.69) is 11.0 Å². The highest BCUT2D eigenvalue weighted by atomic mass is 16.2. The number of hydrogen-bond donors (Lipinski definition) is 1. The Morgan fingerprint density at radius 2 is 1.78 bits per heavy atom. The lowest BCUT2D eigenvalue weighted by Crippen LogP contribution is -2.28. The van der Waals surface area contributed by atoms with Gasteiger partial charge in [0, 0.05) is 40.2 Å². The summed E-state index contributed by atoms with van der Waals surface area (Å²) >= 11 is 0. The summed E-state index contributed by atoms with van der Waals surface area (Å²) in [6, 6.07) is 8.16. The fourth-order valence-corrected chi connectivity index (χ4v) is 1.79. The van der Waals surface area contributed by atoms with E-state index < -0.39 is 0 Å². The number of carbonyl (C=O) groups excluding carboxylic acids is 1. The molecular formula is C14H23N3O. The van der Waals surface area contributed by atoms with Crippen molar-refractivity contribution in [3.8, 4) is 0 Å². The first-order valence-corrected chi connectivity index (χ1v) is 6.20. The van der Waals surface area contributed by atoms with E-state index in [9.17, 15) is 4.79 Å². The molecule has 4 nitrogen and oxygen atoms in total. The van der Waals surface area contributed by atoms with Gasteiger partial charge in [-0.15, -0.1) is 0 Å². The van der Waals surface area contributed by atoms with Gasteiger partial charge in [-0.3, -0.25) is 4.79 Å². The van der Waals surface area contributed by atoms with Crippen molar-refractivity contribution in [2.45, 2.75) is 19.5 Å². The number of nitrogens with two attached hydrogens (primary N) is 1. The molecule has 0 aliphatic heterocycles. The van der Waals surface area contributed by atoms with Crippen molar-refractivity contribution in [2.75, 3.05) is 27.7 Å². The quantitative estimate of drug-likeness (QED) is 0.820. The van der Waals surface area contributed by atoms with Gasteiger partial charge in [-0.05, 0) is 18.2 Å². The maximum atomic E-state index is 11.5. The Bertz CT molecular complexity index is 390. The highest BCUT2D eigenvalue weighted by molar-refractivity contribution is 5.75. The molecule has 4 heteroatoms. The Morgan fingerprint density at radius 1 is 1.17 bits per heavy atom. The largest absolute Gasteiger partial charge is 0.349 e. The SMILES string of the molecule is CN(CCC(=O)N(C)C)Cc1ccccc1CN. The highest BCUT2D eigenvalue weighted by Gasteiger charge is 2.08. The van der Waals surface area contributed by atoms with E-state index in [1.165, 1.54) is 11.1 Å². The van der Waals surface area contributed by atoms with Crippen molar-refractivity contribution in [3.05, 3.63) is 35.4 Å². The van der Waals surface area contributed by atoms with Crippen LogP contribution in [0.5, 0.6) is 0 Å². The molecule has 0 aromatic heterocycles. The molecule has 1 aromatic carbocycles. The van der Waals surface area contributed by atoms with Gasteiger partial charge in [0.05, 0.1) is 0 Å². The zero-order chi connectivity index (χ0) is 13.5. The first-order valence-electron chi connectivity index (χ1n) is 6.20. The molecule has 1 aromatic rings. The molecule has 1 amide bonds. The highest BCUT2D eigenvalue weighted by Crippen LogP contribution is 2.10. The molecule has 1 rings (SSSR count). The monoisotopic (exact) mass is 249 g/mol. The van der Waals surface area contributed by atoms with Gasteiger partial charge < -0.3 is 15.5 Å². The second-order valence-corrected chi connectivity index (χ2v) is 4.75. The van der Waals surface area contributed by atoms with Crippen LogP contribution in [-0.2, 0) is 17.9 Å². The summed E-state index contributed by atoms with van der Waals surface area (Å²) in [5.74, 6) is 0.161.